The van der Waals surface area contributed by atoms with Crippen LogP contribution in [0.5, 0.6) is 0 Å². The molecule has 1 saturated heterocycles. The minimum absolute atomic E-state index is 0.0299. The maximum absolute atomic E-state index is 13.1. The van der Waals surface area contributed by atoms with Gasteiger partial charge in [0.1, 0.15) is 30.6 Å². The fraction of sp³-hybridized carbons (Fsp3) is 0.464. The van der Waals surface area contributed by atoms with Crippen LogP contribution in [0.1, 0.15) is 56.5 Å². The van der Waals surface area contributed by atoms with E-state index >= 15 is 0 Å². The molecule has 4 amide bonds. The Kier molecular flexibility index (Phi) is 8.48. The number of nitrogens with zero attached hydrogens (tertiary/aromatic N) is 1. The first-order chi connectivity index (χ1) is 18.8. The van der Waals surface area contributed by atoms with Crippen molar-refractivity contribution in [3.63, 3.8) is 0 Å². The van der Waals surface area contributed by atoms with Gasteiger partial charge in [0.25, 0.3) is 0 Å². The zero-order valence-corrected chi connectivity index (χ0v) is 23.9. The van der Waals surface area contributed by atoms with Crippen molar-refractivity contribution in [2.24, 2.45) is 5.41 Å². The summed E-state index contributed by atoms with van der Waals surface area (Å²) in [5, 5.41) is 17.7. The molecule has 11 nitrogen and oxygen atoms in total. The lowest BCUT2D eigenvalue weighted by Crippen LogP contribution is -2.50. The molecular weight excluding hydrogens is 534 g/mol. The van der Waals surface area contributed by atoms with Crippen LogP contribution in [-0.4, -0.2) is 59.0 Å². The standard InChI is InChI=1S/C28H35N5O6S/c1-27(2,3)39-25(36)31-14-22(34)33-20(11-28(4)12-21(28)33)24(35)30-13-19-10-18(16-40-19)23(29)32-26(37)38-15-17-8-6-5-7-9-17/h5-10,16,20-21H,11-15H2,1-4H3,(H,30,35)(H,31,36)(H2,29,32,37)/t20-,21-,28+/m0/s1. The van der Waals surface area contributed by atoms with E-state index in [0.717, 1.165) is 16.9 Å². The largest absolute Gasteiger partial charge is 0.444 e. The first-order valence-electron chi connectivity index (χ1n) is 13.0. The Bertz CT molecular complexity index is 1290. The molecule has 0 unspecified atom stereocenters. The van der Waals surface area contributed by atoms with Gasteiger partial charge in [-0.2, -0.15) is 0 Å². The predicted octanol–water partition coefficient (Wildman–Crippen LogP) is 3.52. The summed E-state index contributed by atoms with van der Waals surface area (Å²) < 4.78 is 10.4. The third-order valence-corrected chi connectivity index (χ3v) is 7.76. The van der Waals surface area contributed by atoms with E-state index in [1.165, 1.54) is 11.3 Å². The van der Waals surface area contributed by atoms with Gasteiger partial charge in [0.15, 0.2) is 0 Å². The van der Waals surface area contributed by atoms with Crippen LogP contribution in [0.25, 0.3) is 0 Å². The van der Waals surface area contributed by atoms with Gasteiger partial charge in [-0.1, -0.05) is 37.3 Å². The zero-order valence-electron chi connectivity index (χ0n) is 23.0. The molecule has 1 aliphatic carbocycles. The molecular formula is C28H35N5O6S. The summed E-state index contributed by atoms with van der Waals surface area (Å²) in [5.41, 5.74) is 0.548. The summed E-state index contributed by atoms with van der Waals surface area (Å²) in [6, 6.07) is 10.3. The number of fused-ring (bicyclic) bond motifs is 1. The lowest BCUT2D eigenvalue weighted by atomic mass is 10.0. The summed E-state index contributed by atoms with van der Waals surface area (Å²) in [6.45, 7) is 7.33. The van der Waals surface area contributed by atoms with Gasteiger partial charge in [-0.25, -0.2) is 9.59 Å². The third-order valence-electron chi connectivity index (χ3n) is 6.83. The fourth-order valence-corrected chi connectivity index (χ4v) is 5.56. The number of hydrogen-bond acceptors (Lipinski definition) is 8. The SMILES string of the molecule is CC(C)(C)OC(=O)NCC(=O)N1[C@H]2C[C@@]2(C)C[C@H]1C(=O)NCc1cc(C(=N)NC(=O)OCc2ccccc2)cs1. The van der Waals surface area contributed by atoms with Crippen molar-refractivity contribution in [1.29, 1.82) is 5.41 Å². The minimum Gasteiger partial charge on any atom is -0.444 e. The second kappa shape index (κ2) is 11.7. The number of carbonyl (C=O) groups is 4. The van der Waals surface area contributed by atoms with Crippen molar-refractivity contribution in [1.82, 2.24) is 20.9 Å². The molecule has 2 aliphatic rings. The van der Waals surface area contributed by atoms with Gasteiger partial charge < -0.3 is 25.0 Å². The molecule has 40 heavy (non-hydrogen) atoms. The quantitative estimate of drug-likeness (QED) is 0.282. The van der Waals surface area contributed by atoms with E-state index in [2.05, 4.69) is 22.9 Å². The molecule has 4 N–H and O–H groups in total. The number of alkyl carbamates (subject to hydrolysis) is 2. The van der Waals surface area contributed by atoms with E-state index in [1.54, 1.807) is 37.1 Å². The van der Waals surface area contributed by atoms with E-state index in [-0.39, 0.29) is 48.8 Å². The number of piperidine rings is 1. The molecule has 2 heterocycles. The van der Waals surface area contributed by atoms with Gasteiger partial charge in [-0.15, -0.1) is 11.3 Å². The van der Waals surface area contributed by atoms with Crippen LogP contribution in [-0.2, 0) is 32.2 Å². The fourth-order valence-electron chi connectivity index (χ4n) is 4.74. The molecule has 2 aromatic rings. The van der Waals surface area contributed by atoms with Gasteiger partial charge in [0.05, 0.1) is 6.54 Å². The summed E-state index contributed by atoms with van der Waals surface area (Å²) in [6.07, 6.45) is -0.0323. The number of amidine groups is 1. The van der Waals surface area contributed by atoms with Crippen molar-refractivity contribution < 1.29 is 28.7 Å². The topological polar surface area (TPSA) is 150 Å². The van der Waals surface area contributed by atoms with Crippen LogP contribution in [0.2, 0.25) is 0 Å². The summed E-state index contributed by atoms with van der Waals surface area (Å²) in [4.78, 5) is 52.5. The Morgan fingerprint density at radius 3 is 2.52 bits per heavy atom. The van der Waals surface area contributed by atoms with Crippen molar-refractivity contribution in [3.8, 4) is 0 Å². The van der Waals surface area contributed by atoms with Crippen LogP contribution in [0.3, 0.4) is 0 Å². The molecule has 0 bridgehead atoms. The predicted molar refractivity (Wildman–Crippen MR) is 149 cm³/mol. The van der Waals surface area contributed by atoms with Gasteiger partial charge in [0, 0.05) is 21.9 Å². The zero-order chi connectivity index (χ0) is 29.1. The highest BCUT2D eigenvalue weighted by atomic mass is 32.1. The molecule has 1 saturated carbocycles. The monoisotopic (exact) mass is 569 g/mol. The number of hydrogen-bond donors (Lipinski definition) is 4. The molecule has 1 aromatic heterocycles. The van der Waals surface area contributed by atoms with Crippen molar-refractivity contribution in [2.45, 2.75) is 71.4 Å². The molecule has 3 atom stereocenters. The first kappa shape index (κ1) is 29.1. The maximum Gasteiger partial charge on any atom is 0.413 e. The molecule has 0 radical (unpaired) electrons. The van der Waals surface area contributed by atoms with Crippen molar-refractivity contribution in [2.75, 3.05) is 6.54 Å². The highest BCUT2D eigenvalue weighted by Crippen LogP contribution is 2.59. The van der Waals surface area contributed by atoms with E-state index in [9.17, 15) is 19.2 Å². The van der Waals surface area contributed by atoms with Crippen LogP contribution >= 0.6 is 11.3 Å². The second-order valence-corrected chi connectivity index (χ2v) is 12.3. The molecule has 1 aromatic carbocycles. The smallest absolute Gasteiger partial charge is 0.413 e. The van der Waals surface area contributed by atoms with E-state index in [4.69, 9.17) is 14.9 Å². The Labute approximate surface area is 237 Å². The lowest BCUT2D eigenvalue weighted by Gasteiger charge is -2.27. The number of rotatable bonds is 8. The molecule has 1 aliphatic heterocycles. The Balaban J connectivity index is 1.26. The van der Waals surface area contributed by atoms with Gasteiger partial charge in [-0.3, -0.25) is 20.3 Å². The van der Waals surface area contributed by atoms with Crippen LogP contribution in [0.4, 0.5) is 9.59 Å². The number of amides is 4. The number of ether oxygens (including phenoxy) is 2. The normalized spacial score (nSPS) is 21.1. The second-order valence-electron chi connectivity index (χ2n) is 11.3. The van der Waals surface area contributed by atoms with Gasteiger partial charge >= 0.3 is 12.2 Å². The lowest BCUT2D eigenvalue weighted by molar-refractivity contribution is -0.139. The van der Waals surface area contributed by atoms with Crippen LogP contribution in [0, 0.1) is 10.8 Å². The van der Waals surface area contributed by atoms with Crippen LogP contribution < -0.4 is 16.0 Å². The van der Waals surface area contributed by atoms with Crippen molar-refractivity contribution in [3.05, 3.63) is 57.8 Å². The number of likely N-dealkylation sites (tertiary alicyclic amines) is 1. The van der Waals surface area contributed by atoms with Crippen LogP contribution in [0.15, 0.2) is 41.8 Å². The number of thiophene rings is 1. The minimum atomic E-state index is -0.728. The number of carbonyl (C=O) groups excluding carboxylic acids is 4. The van der Waals surface area contributed by atoms with E-state index in [1.807, 2.05) is 30.3 Å². The van der Waals surface area contributed by atoms with E-state index < -0.39 is 23.8 Å². The Morgan fingerprint density at radius 1 is 1.10 bits per heavy atom. The average molecular weight is 570 g/mol. The summed E-state index contributed by atoms with van der Waals surface area (Å²) in [5.74, 6) is -0.703. The molecule has 4 rings (SSSR count). The maximum atomic E-state index is 13.1. The molecule has 214 valence electrons. The number of benzene rings is 1. The van der Waals surface area contributed by atoms with E-state index in [0.29, 0.717) is 12.0 Å². The van der Waals surface area contributed by atoms with Gasteiger partial charge in [-0.05, 0) is 50.7 Å². The highest BCUT2D eigenvalue weighted by Gasteiger charge is 2.64. The molecule has 12 heteroatoms. The Morgan fingerprint density at radius 2 is 1.82 bits per heavy atom. The highest BCUT2D eigenvalue weighted by molar-refractivity contribution is 7.10. The first-order valence-corrected chi connectivity index (χ1v) is 13.9. The summed E-state index contributed by atoms with van der Waals surface area (Å²) >= 11 is 1.34. The third kappa shape index (κ3) is 7.38. The molecule has 0 spiro atoms. The number of nitrogens with one attached hydrogen (secondary N) is 4. The van der Waals surface area contributed by atoms with Crippen molar-refractivity contribution >= 4 is 41.2 Å². The molecule has 2 fully saturated rings. The summed E-state index contributed by atoms with van der Waals surface area (Å²) in [7, 11) is 0. The Hall–Kier alpha value is -3.93. The average Bonchev–Trinajstić information content (AvgIpc) is 3.21. The van der Waals surface area contributed by atoms with Gasteiger partial charge in [0.2, 0.25) is 11.8 Å².